The molecule has 1 atom stereocenters. The van der Waals surface area contributed by atoms with Crippen LogP contribution in [0.1, 0.15) is 26.8 Å². The van der Waals surface area contributed by atoms with E-state index in [0.29, 0.717) is 0 Å². The van der Waals surface area contributed by atoms with Crippen molar-refractivity contribution in [1.29, 1.82) is 0 Å². The number of aromatic nitrogens is 3. The number of nitrogens with zero attached hydrogens (tertiary/aromatic N) is 3. The number of carbonyl (C=O) groups excluding carboxylic acids is 1. The molecule has 112 valence electrons. The van der Waals surface area contributed by atoms with Crippen LogP contribution in [0.15, 0.2) is 40.2 Å². The Balaban J connectivity index is 1.99. The van der Waals surface area contributed by atoms with Crippen molar-refractivity contribution in [3.05, 3.63) is 35.1 Å². The predicted molar refractivity (Wildman–Crippen MR) is 88.5 cm³/mol. The molecular formula is C14H17BrN4OS. The largest absolute Gasteiger partial charge is 0.325 e. The molecule has 0 saturated heterocycles. The van der Waals surface area contributed by atoms with Crippen LogP contribution < -0.4 is 5.32 Å². The lowest BCUT2D eigenvalue weighted by Gasteiger charge is -2.14. The molecular weight excluding hydrogens is 352 g/mol. The molecule has 0 unspecified atom stereocenters. The molecule has 7 heteroatoms. The van der Waals surface area contributed by atoms with E-state index in [1.807, 2.05) is 35.8 Å². The van der Waals surface area contributed by atoms with E-state index in [-0.39, 0.29) is 17.2 Å². The molecule has 0 radical (unpaired) electrons. The monoisotopic (exact) mass is 368 g/mol. The Morgan fingerprint density at radius 2 is 1.95 bits per heavy atom. The van der Waals surface area contributed by atoms with Gasteiger partial charge in [0.05, 0.1) is 5.25 Å². The van der Waals surface area contributed by atoms with Gasteiger partial charge in [0, 0.05) is 16.2 Å². The first kappa shape index (κ1) is 16.0. The smallest absolute Gasteiger partial charge is 0.237 e. The van der Waals surface area contributed by atoms with E-state index in [9.17, 15) is 4.79 Å². The first-order chi connectivity index (χ1) is 9.97. The summed E-state index contributed by atoms with van der Waals surface area (Å²) in [4.78, 5) is 12.2. The summed E-state index contributed by atoms with van der Waals surface area (Å²) < 4.78 is 2.93. The third-order valence-electron chi connectivity index (χ3n) is 2.86. The average Bonchev–Trinajstić information content (AvgIpc) is 2.89. The molecule has 2 aromatic rings. The fourth-order valence-corrected chi connectivity index (χ4v) is 2.88. The number of nitrogens with one attached hydrogen (secondary N) is 1. The Kier molecular flexibility index (Phi) is 5.41. The molecule has 1 N–H and O–H groups in total. The van der Waals surface area contributed by atoms with Crippen molar-refractivity contribution in [3.63, 3.8) is 0 Å². The van der Waals surface area contributed by atoms with Gasteiger partial charge in [-0.1, -0.05) is 27.7 Å². The van der Waals surface area contributed by atoms with Crippen molar-refractivity contribution < 1.29 is 4.79 Å². The number of hydrogen-bond donors (Lipinski definition) is 1. The minimum Gasteiger partial charge on any atom is -0.325 e. The SMILES string of the molecule is CC(C)n1cnnc1S[C@@H](C)C(=O)Nc1ccc(Br)cc1. The summed E-state index contributed by atoms with van der Waals surface area (Å²) in [5.41, 5.74) is 0.779. The summed E-state index contributed by atoms with van der Waals surface area (Å²) in [6.45, 7) is 5.97. The number of hydrogen-bond acceptors (Lipinski definition) is 4. The maximum Gasteiger partial charge on any atom is 0.237 e. The number of thioether (sulfide) groups is 1. The normalized spacial score (nSPS) is 12.4. The Morgan fingerprint density at radius 3 is 2.57 bits per heavy atom. The van der Waals surface area contributed by atoms with E-state index in [0.717, 1.165) is 15.3 Å². The molecule has 0 aliphatic rings. The van der Waals surface area contributed by atoms with Gasteiger partial charge in [0.15, 0.2) is 5.16 Å². The lowest BCUT2D eigenvalue weighted by atomic mass is 10.3. The molecule has 2 rings (SSSR count). The third-order valence-corrected chi connectivity index (χ3v) is 4.46. The van der Waals surface area contributed by atoms with Gasteiger partial charge >= 0.3 is 0 Å². The summed E-state index contributed by atoms with van der Waals surface area (Å²) in [5.74, 6) is -0.0550. The van der Waals surface area contributed by atoms with E-state index in [2.05, 4.69) is 45.3 Å². The standard InChI is InChI=1S/C14H17BrN4OS/c1-9(2)19-8-16-18-14(19)21-10(3)13(20)17-12-6-4-11(15)5-7-12/h4-10H,1-3H3,(H,17,20)/t10-/m0/s1. The minimum atomic E-state index is -0.254. The van der Waals surface area contributed by atoms with Gasteiger partial charge in [-0.15, -0.1) is 10.2 Å². The molecule has 1 aromatic heterocycles. The van der Waals surface area contributed by atoms with Crippen molar-refractivity contribution in [2.75, 3.05) is 5.32 Å². The molecule has 1 aromatic carbocycles. The van der Waals surface area contributed by atoms with Gasteiger partial charge < -0.3 is 9.88 Å². The molecule has 21 heavy (non-hydrogen) atoms. The maximum absolute atomic E-state index is 12.2. The van der Waals surface area contributed by atoms with Gasteiger partial charge in [0.1, 0.15) is 6.33 Å². The molecule has 0 aliphatic heterocycles. The molecule has 0 saturated carbocycles. The number of carbonyl (C=O) groups is 1. The first-order valence-corrected chi connectivity index (χ1v) is 8.27. The van der Waals surface area contributed by atoms with Crippen molar-refractivity contribution in [2.45, 2.75) is 37.2 Å². The maximum atomic E-state index is 12.2. The van der Waals surface area contributed by atoms with E-state index in [4.69, 9.17) is 0 Å². The lowest BCUT2D eigenvalue weighted by molar-refractivity contribution is -0.115. The quantitative estimate of drug-likeness (QED) is 0.816. The van der Waals surface area contributed by atoms with Crippen LogP contribution >= 0.6 is 27.7 Å². The summed E-state index contributed by atoms with van der Waals surface area (Å²) in [7, 11) is 0. The van der Waals surface area contributed by atoms with E-state index >= 15 is 0 Å². The predicted octanol–water partition coefficient (Wildman–Crippen LogP) is 3.74. The zero-order valence-electron chi connectivity index (χ0n) is 12.1. The zero-order chi connectivity index (χ0) is 15.4. The fraction of sp³-hybridized carbons (Fsp3) is 0.357. The second-order valence-corrected chi connectivity index (χ2v) is 7.09. The Labute approximate surface area is 136 Å². The second-order valence-electron chi connectivity index (χ2n) is 4.87. The van der Waals surface area contributed by atoms with Crippen LogP contribution in [0, 0.1) is 0 Å². The molecule has 0 bridgehead atoms. The number of halogens is 1. The van der Waals surface area contributed by atoms with E-state index < -0.39 is 0 Å². The van der Waals surface area contributed by atoms with Crippen LogP contribution in [-0.2, 0) is 4.79 Å². The van der Waals surface area contributed by atoms with E-state index in [1.54, 1.807) is 6.33 Å². The van der Waals surface area contributed by atoms with Gasteiger partial charge in [0.2, 0.25) is 5.91 Å². The Bertz CT molecular complexity index is 612. The van der Waals surface area contributed by atoms with Crippen LogP contribution in [0.2, 0.25) is 0 Å². The highest BCUT2D eigenvalue weighted by molar-refractivity contribution is 9.10. The summed E-state index contributed by atoms with van der Waals surface area (Å²) in [6.07, 6.45) is 1.69. The molecule has 1 amide bonds. The fourth-order valence-electron chi connectivity index (χ4n) is 1.66. The molecule has 5 nitrogen and oxygen atoms in total. The summed E-state index contributed by atoms with van der Waals surface area (Å²) >= 11 is 4.77. The summed E-state index contributed by atoms with van der Waals surface area (Å²) in [6, 6.07) is 7.77. The van der Waals surface area contributed by atoms with Crippen molar-refractivity contribution in [1.82, 2.24) is 14.8 Å². The van der Waals surface area contributed by atoms with Gasteiger partial charge in [-0.25, -0.2) is 0 Å². The molecule has 0 aliphatic carbocycles. The highest BCUT2D eigenvalue weighted by atomic mass is 79.9. The Hall–Kier alpha value is -1.34. The molecule has 0 spiro atoms. The minimum absolute atomic E-state index is 0.0550. The van der Waals surface area contributed by atoms with Crippen LogP contribution in [0.4, 0.5) is 5.69 Å². The second kappa shape index (κ2) is 7.09. The van der Waals surface area contributed by atoms with Crippen LogP contribution in [0.25, 0.3) is 0 Å². The number of anilines is 1. The lowest BCUT2D eigenvalue weighted by Crippen LogP contribution is -2.23. The highest BCUT2D eigenvalue weighted by Gasteiger charge is 2.18. The third kappa shape index (κ3) is 4.31. The van der Waals surface area contributed by atoms with E-state index in [1.165, 1.54) is 11.8 Å². The first-order valence-electron chi connectivity index (χ1n) is 6.60. The van der Waals surface area contributed by atoms with Crippen LogP contribution in [-0.4, -0.2) is 25.9 Å². The van der Waals surface area contributed by atoms with Crippen molar-refractivity contribution >= 4 is 39.3 Å². The molecule has 0 fully saturated rings. The highest BCUT2D eigenvalue weighted by Crippen LogP contribution is 2.24. The van der Waals surface area contributed by atoms with Crippen LogP contribution in [0.3, 0.4) is 0 Å². The van der Waals surface area contributed by atoms with Gasteiger partial charge in [0.25, 0.3) is 0 Å². The topological polar surface area (TPSA) is 59.8 Å². The van der Waals surface area contributed by atoms with Crippen molar-refractivity contribution in [2.24, 2.45) is 0 Å². The van der Waals surface area contributed by atoms with Gasteiger partial charge in [-0.2, -0.15) is 0 Å². The summed E-state index contributed by atoms with van der Waals surface area (Å²) in [5, 5.41) is 11.4. The van der Waals surface area contributed by atoms with Gasteiger partial charge in [-0.05, 0) is 45.0 Å². The Morgan fingerprint density at radius 1 is 1.29 bits per heavy atom. The number of rotatable bonds is 5. The average molecular weight is 369 g/mol. The zero-order valence-corrected chi connectivity index (χ0v) is 14.5. The van der Waals surface area contributed by atoms with Crippen molar-refractivity contribution in [3.8, 4) is 0 Å². The van der Waals surface area contributed by atoms with Gasteiger partial charge in [-0.3, -0.25) is 4.79 Å². The number of amides is 1. The number of benzene rings is 1. The molecule has 1 heterocycles. The van der Waals surface area contributed by atoms with Crippen LogP contribution in [0.5, 0.6) is 0 Å².